The molecule has 2 aromatic carbocycles. The Morgan fingerprint density at radius 3 is 2.46 bits per heavy atom. The first kappa shape index (κ1) is 20.3. The minimum atomic E-state index is -0.151. The monoisotopic (exact) mass is 378 g/mol. The highest BCUT2D eigenvalue weighted by atomic mass is 16.3. The van der Waals surface area contributed by atoms with Gasteiger partial charge in [0, 0.05) is 32.6 Å². The summed E-state index contributed by atoms with van der Waals surface area (Å²) in [6, 6.07) is 18.4. The van der Waals surface area contributed by atoms with Crippen molar-refractivity contribution in [2.45, 2.75) is 44.9 Å². The van der Waals surface area contributed by atoms with Gasteiger partial charge < -0.3 is 10.4 Å². The smallest absolute Gasteiger partial charge is 0.220 e. The summed E-state index contributed by atoms with van der Waals surface area (Å²) in [6.45, 7) is 3.29. The molecular weight excluding hydrogens is 348 g/mol. The summed E-state index contributed by atoms with van der Waals surface area (Å²) in [5, 5.41) is 12.7. The molecule has 0 saturated carbocycles. The second-order valence-corrected chi connectivity index (χ2v) is 7.40. The molecule has 1 heterocycles. The molecule has 1 saturated heterocycles. The minimum absolute atomic E-state index is 0.0774. The predicted molar refractivity (Wildman–Crippen MR) is 114 cm³/mol. The highest BCUT2D eigenvalue weighted by Gasteiger charge is 2.17. The lowest BCUT2D eigenvalue weighted by molar-refractivity contribution is -0.121. The third-order valence-corrected chi connectivity index (χ3v) is 5.19. The average Bonchev–Trinajstić information content (AvgIpc) is 2.73. The first-order chi connectivity index (χ1) is 13.7. The molecule has 0 aromatic heterocycles. The Balaban J connectivity index is 1.43. The van der Waals surface area contributed by atoms with Crippen LogP contribution < -0.4 is 5.32 Å². The maximum absolute atomic E-state index is 12.2. The Morgan fingerprint density at radius 1 is 1.04 bits per heavy atom. The molecule has 0 unspecified atom stereocenters. The van der Waals surface area contributed by atoms with E-state index in [0.29, 0.717) is 13.0 Å². The van der Waals surface area contributed by atoms with Crippen molar-refractivity contribution in [3.8, 4) is 0 Å². The first-order valence-corrected chi connectivity index (χ1v) is 10.2. The predicted octanol–water partition coefficient (Wildman–Crippen LogP) is 3.75. The van der Waals surface area contributed by atoms with Gasteiger partial charge in [-0.1, -0.05) is 66.7 Å². The first-order valence-electron chi connectivity index (χ1n) is 10.2. The number of rotatable bonds is 8. The Morgan fingerprint density at radius 2 is 1.71 bits per heavy atom. The molecule has 28 heavy (non-hydrogen) atoms. The molecule has 2 N–H and O–H groups in total. The van der Waals surface area contributed by atoms with Crippen LogP contribution in [0.5, 0.6) is 0 Å². The molecule has 4 heteroatoms. The normalized spacial score (nSPS) is 15.8. The zero-order valence-corrected chi connectivity index (χ0v) is 16.4. The summed E-state index contributed by atoms with van der Waals surface area (Å²) in [5.41, 5.74) is 3.58. The lowest BCUT2D eigenvalue weighted by Crippen LogP contribution is -2.35. The molecule has 3 rings (SSSR count). The maximum Gasteiger partial charge on any atom is 0.220 e. The van der Waals surface area contributed by atoms with E-state index in [1.165, 1.54) is 11.1 Å². The van der Waals surface area contributed by atoms with Gasteiger partial charge in [0.05, 0.1) is 6.10 Å². The fourth-order valence-corrected chi connectivity index (χ4v) is 3.48. The van der Waals surface area contributed by atoms with Crippen LogP contribution in [0.15, 0.2) is 60.7 Å². The number of piperidine rings is 1. The number of carbonyl (C=O) groups excluding carboxylic acids is 1. The molecule has 0 spiro atoms. The standard InChI is InChI=1S/C24H30N2O2/c27-23-14-16-26(17-15-23)19-22-12-6-5-11-21(22)18-25-24(28)13-7-4-10-20-8-2-1-3-9-20/h1-6,8-12,23,27H,7,13-19H2,(H,25,28). The molecule has 0 aliphatic carbocycles. The van der Waals surface area contributed by atoms with E-state index < -0.39 is 0 Å². The van der Waals surface area contributed by atoms with E-state index in [9.17, 15) is 9.90 Å². The summed E-state index contributed by atoms with van der Waals surface area (Å²) in [5.74, 6) is 0.0774. The molecule has 0 bridgehead atoms. The Kier molecular flexibility index (Phi) is 7.82. The van der Waals surface area contributed by atoms with Gasteiger partial charge in [-0.15, -0.1) is 0 Å². The van der Waals surface area contributed by atoms with Gasteiger partial charge in [-0.2, -0.15) is 0 Å². The lowest BCUT2D eigenvalue weighted by atomic mass is 10.0. The Bertz CT molecular complexity index is 765. The second kappa shape index (κ2) is 10.8. The highest BCUT2D eigenvalue weighted by molar-refractivity contribution is 5.76. The van der Waals surface area contributed by atoms with E-state index in [0.717, 1.165) is 44.5 Å². The van der Waals surface area contributed by atoms with Crippen molar-refractivity contribution in [2.75, 3.05) is 13.1 Å². The Hall–Kier alpha value is -2.43. The third-order valence-electron chi connectivity index (χ3n) is 5.19. The van der Waals surface area contributed by atoms with Gasteiger partial charge in [-0.25, -0.2) is 0 Å². The molecular formula is C24H30N2O2. The van der Waals surface area contributed by atoms with E-state index in [1.807, 2.05) is 36.4 Å². The minimum Gasteiger partial charge on any atom is -0.393 e. The van der Waals surface area contributed by atoms with Gasteiger partial charge in [0.1, 0.15) is 0 Å². The van der Waals surface area contributed by atoms with Crippen LogP contribution in [0.4, 0.5) is 0 Å². The van der Waals surface area contributed by atoms with Crippen molar-refractivity contribution in [2.24, 2.45) is 0 Å². The summed E-state index contributed by atoms with van der Waals surface area (Å²) in [7, 11) is 0. The number of likely N-dealkylation sites (tertiary alicyclic amines) is 1. The van der Waals surface area contributed by atoms with Crippen LogP contribution in [-0.2, 0) is 17.9 Å². The van der Waals surface area contributed by atoms with Crippen molar-refractivity contribution in [3.63, 3.8) is 0 Å². The number of hydrogen-bond donors (Lipinski definition) is 2. The number of carbonyl (C=O) groups is 1. The molecule has 0 radical (unpaired) electrons. The van der Waals surface area contributed by atoms with Crippen molar-refractivity contribution in [3.05, 3.63) is 77.4 Å². The SMILES string of the molecule is O=C(CCC=Cc1ccccc1)NCc1ccccc1CN1CCC(O)CC1. The van der Waals surface area contributed by atoms with Gasteiger partial charge in [0.2, 0.25) is 5.91 Å². The van der Waals surface area contributed by atoms with E-state index in [4.69, 9.17) is 0 Å². The fourth-order valence-electron chi connectivity index (χ4n) is 3.48. The molecule has 2 aromatic rings. The second-order valence-electron chi connectivity index (χ2n) is 7.40. The van der Waals surface area contributed by atoms with Gasteiger partial charge in [0.25, 0.3) is 0 Å². The average molecular weight is 379 g/mol. The van der Waals surface area contributed by atoms with Crippen LogP contribution >= 0.6 is 0 Å². The fraction of sp³-hybridized carbons (Fsp3) is 0.375. The summed E-state index contributed by atoms with van der Waals surface area (Å²) in [6.07, 6.45) is 6.87. The molecule has 1 amide bonds. The molecule has 1 aliphatic rings. The van der Waals surface area contributed by atoms with Gasteiger partial charge in [-0.3, -0.25) is 9.69 Å². The van der Waals surface area contributed by atoms with Crippen LogP contribution in [0.1, 0.15) is 42.4 Å². The zero-order chi connectivity index (χ0) is 19.6. The number of hydrogen-bond acceptors (Lipinski definition) is 3. The summed E-state index contributed by atoms with van der Waals surface area (Å²) < 4.78 is 0. The van der Waals surface area contributed by atoms with Gasteiger partial charge in [0.15, 0.2) is 0 Å². The lowest BCUT2D eigenvalue weighted by Gasteiger charge is -2.30. The number of benzene rings is 2. The van der Waals surface area contributed by atoms with Crippen LogP contribution in [0.3, 0.4) is 0 Å². The van der Waals surface area contributed by atoms with Crippen LogP contribution in [0.2, 0.25) is 0 Å². The van der Waals surface area contributed by atoms with E-state index in [1.54, 1.807) is 0 Å². The Labute approximate surface area is 167 Å². The van der Waals surface area contributed by atoms with Gasteiger partial charge >= 0.3 is 0 Å². The number of nitrogens with one attached hydrogen (secondary N) is 1. The van der Waals surface area contributed by atoms with Crippen LogP contribution in [0.25, 0.3) is 6.08 Å². The molecule has 1 aliphatic heterocycles. The van der Waals surface area contributed by atoms with E-state index >= 15 is 0 Å². The number of aliphatic hydroxyl groups is 1. The van der Waals surface area contributed by atoms with Gasteiger partial charge in [-0.05, 0) is 36.0 Å². The largest absolute Gasteiger partial charge is 0.393 e. The summed E-state index contributed by atoms with van der Waals surface area (Å²) in [4.78, 5) is 14.6. The maximum atomic E-state index is 12.2. The third kappa shape index (κ3) is 6.63. The highest BCUT2D eigenvalue weighted by Crippen LogP contribution is 2.16. The molecule has 148 valence electrons. The van der Waals surface area contributed by atoms with Crippen molar-refractivity contribution in [1.29, 1.82) is 0 Å². The quantitative estimate of drug-likeness (QED) is 0.735. The number of amides is 1. The van der Waals surface area contributed by atoms with Crippen molar-refractivity contribution >= 4 is 12.0 Å². The number of allylic oxidation sites excluding steroid dienone is 1. The van der Waals surface area contributed by atoms with Crippen LogP contribution in [0, 0.1) is 0 Å². The topological polar surface area (TPSA) is 52.6 Å². The summed E-state index contributed by atoms with van der Waals surface area (Å²) >= 11 is 0. The van der Waals surface area contributed by atoms with Crippen LogP contribution in [-0.4, -0.2) is 35.1 Å². The number of aliphatic hydroxyl groups excluding tert-OH is 1. The molecule has 4 nitrogen and oxygen atoms in total. The number of nitrogens with zero attached hydrogens (tertiary/aromatic N) is 1. The van der Waals surface area contributed by atoms with E-state index in [-0.39, 0.29) is 12.0 Å². The van der Waals surface area contributed by atoms with Crippen molar-refractivity contribution < 1.29 is 9.90 Å². The molecule has 1 fully saturated rings. The van der Waals surface area contributed by atoms with Crippen molar-refractivity contribution in [1.82, 2.24) is 10.2 Å². The molecule has 0 atom stereocenters. The van der Waals surface area contributed by atoms with E-state index in [2.05, 4.69) is 40.6 Å². The zero-order valence-electron chi connectivity index (χ0n) is 16.4.